The molecule has 0 spiro atoms. The van der Waals surface area contributed by atoms with E-state index in [-0.39, 0.29) is 11.2 Å². The van der Waals surface area contributed by atoms with Crippen molar-refractivity contribution in [1.82, 2.24) is 14.8 Å². The van der Waals surface area contributed by atoms with Gasteiger partial charge in [-0.15, -0.1) is 11.8 Å². The molecule has 0 bridgehead atoms. The minimum Gasteiger partial charge on any atom is -0.304 e. The smallest absolute Gasteiger partial charge is 0.228 e. The van der Waals surface area contributed by atoms with Gasteiger partial charge in [-0.2, -0.15) is 13.5 Å². The molecule has 22 heavy (non-hydrogen) atoms. The van der Waals surface area contributed by atoms with Gasteiger partial charge in [-0.25, -0.2) is 15.0 Å². The average Bonchev–Trinajstić information content (AvgIpc) is 2.85. The van der Waals surface area contributed by atoms with E-state index in [0.29, 0.717) is 16.7 Å². The molecule has 1 saturated heterocycles. The summed E-state index contributed by atoms with van der Waals surface area (Å²) in [6.45, 7) is 5.42. The molecule has 1 unspecified atom stereocenters. The summed E-state index contributed by atoms with van der Waals surface area (Å²) < 4.78 is 23.1. The summed E-state index contributed by atoms with van der Waals surface area (Å²) in [5, 5.41) is 6.53. The molecule has 8 nitrogen and oxygen atoms in total. The molecular weight excluding hydrogens is 324 g/mol. The molecule has 0 N–H and O–H groups in total. The lowest BCUT2D eigenvalue weighted by Crippen LogP contribution is -2.55. The molecule has 0 aromatic carbocycles. The van der Waals surface area contributed by atoms with Crippen molar-refractivity contribution in [2.24, 2.45) is 15.1 Å². The second kappa shape index (κ2) is 6.11. The summed E-state index contributed by atoms with van der Waals surface area (Å²) in [5.41, 5.74) is 0. The van der Waals surface area contributed by atoms with Gasteiger partial charge in [-0.3, -0.25) is 4.90 Å². The van der Waals surface area contributed by atoms with Crippen LogP contribution in [0.4, 0.5) is 0 Å². The number of nitrogens with zero attached hydrogens (tertiary/aromatic N) is 6. The maximum absolute atomic E-state index is 11.6. The second-order valence-electron chi connectivity index (χ2n) is 5.32. The Kier molecular flexibility index (Phi) is 4.35. The molecule has 3 rings (SSSR count). The first kappa shape index (κ1) is 15.7. The van der Waals surface area contributed by atoms with E-state index in [1.807, 2.05) is 6.26 Å². The number of amidine groups is 2. The number of rotatable bonds is 1. The fourth-order valence-corrected chi connectivity index (χ4v) is 4.00. The van der Waals surface area contributed by atoms with Gasteiger partial charge >= 0.3 is 0 Å². The van der Waals surface area contributed by atoms with E-state index in [2.05, 4.69) is 31.9 Å². The third-order valence-corrected chi connectivity index (χ3v) is 5.34. The Morgan fingerprint density at radius 1 is 1.23 bits per heavy atom. The largest absolute Gasteiger partial charge is 0.304 e. The van der Waals surface area contributed by atoms with Crippen molar-refractivity contribution in [3.8, 4) is 0 Å². The van der Waals surface area contributed by atoms with Crippen LogP contribution in [0.2, 0.25) is 0 Å². The highest BCUT2D eigenvalue weighted by Crippen LogP contribution is 2.24. The van der Waals surface area contributed by atoms with Crippen LogP contribution in [0.3, 0.4) is 0 Å². The summed E-state index contributed by atoms with van der Waals surface area (Å²) >= 11 is 1.30. The highest BCUT2D eigenvalue weighted by Gasteiger charge is 2.40. The summed E-state index contributed by atoms with van der Waals surface area (Å²) in [5.74, 6) is 0.963. The van der Waals surface area contributed by atoms with E-state index >= 15 is 0 Å². The van der Waals surface area contributed by atoms with Gasteiger partial charge in [-0.05, 0) is 20.2 Å². The molecule has 1 atom stereocenters. The van der Waals surface area contributed by atoms with Crippen LogP contribution in [0.1, 0.15) is 6.92 Å². The standard InChI is InChI=1S/C12H18N6O2S2/c1-8-13-10-9(22(19)20)11(21-3)15-18(10)12(14-8)17-6-4-16(2)5-7-17/h12H,4-7H2,1-3H3. The van der Waals surface area contributed by atoms with Gasteiger partial charge < -0.3 is 4.90 Å². The molecule has 120 valence electrons. The Morgan fingerprint density at radius 3 is 2.50 bits per heavy atom. The number of piperazine rings is 1. The number of fused-ring (bicyclic) bond motifs is 1. The van der Waals surface area contributed by atoms with Crippen LogP contribution in [0.5, 0.6) is 0 Å². The van der Waals surface area contributed by atoms with Crippen LogP contribution < -0.4 is 0 Å². The first-order valence-corrected chi connectivity index (χ1v) is 9.25. The maximum atomic E-state index is 11.6. The molecular formula is C12H18N6O2S2. The SMILES string of the molecule is CSC1=NN2C(=NC(C)=NC2N2CCN(C)CC2)C1=S(=O)=O. The lowest BCUT2D eigenvalue weighted by Gasteiger charge is -2.39. The van der Waals surface area contributed by atoms with Crippen LogP contribution in [-0.2, 0) is 10.3 Å². The van der Waals surface area contributed by atoms with E-state index in [0.717, 1.165) is 26.2 Å². The predicted octanol–water partition coefficient (Wildman–Crippen LogP) is -0.608. The topological polar surface area (TPSA) is 80.9 Å². The first-order chi connectivity index (χ1) is 10.5. The monoisotopic (exact) mass is 342 g/mol. The quantitative estimate of drug-likeness (QED) is 0.592. The Hall–Kier alpha value is -1.23. The normalized spacial score (nSPS) is 26.5. The zero-order chi connectivity index (χ0) is 15.9. The fraction of sp³-hybridized carbons (Fsp3) is 0.667. The lowest BCUT2D eigenvalue weighted by molar-refractivity contribution is 0.0541. The minimum absolute atomic E-state index is 0.167. The molecule has 0 amide bonds. The van der Waals surface area contributed by atoms with Gasteiger partial charge in [0.05, 0.1) is 0 Å². The molecule has 0 aromatic rings. The summed E-state index contributed by atoms with van der Waals surface area (Å²) in [6.07, 6.45) is 1.49. The van der Waals surface area contributed by atoms with Crippen molar-refractivity contribution in [2.75, 3.05) is 39.5 Å². The first-order valence-electron chi connectivity index (χ1n) is 6.95. The number of hydrogen-bond donors (Lipinski definition) is 0. The lowest BCUT2D eigenvalue weighted by atomic mass is 10.3. The second-order valence-corrected chi connectivity index (χ2v) is 6.99. The van der Waals surface area contributed by atoms with Crippen molar-refractivity contribution in [3.63, 3.8) is 0 Å². The molecule has 3 aliphatic rings. The third kappa shape index (κ3) is 2.71. The molecule has 0 aliphatic carbocycles. The Balaban J connectivity index is 1.97. The van der Waals surface area contributed by atoms with E-state index in [1.165, 1.54) is 11.8 Å². The van der Waals surface area contributed by atoms with E-state index < -0.39 is 10.3 Å². The molecule has 1 fully saturated rings. The van der Waals surface area contributed by atoms with Crippen molar-refractivity contribution < 1.29 is 8.42 Å². The summed E-state index contributed by atoms with van der Waals surface area (Å²) in [7, 11) is -0.280. The van der Waals surface area contributed by atoms with Crippen LogP contribution >= 0.6 is 11.8 Å². The van der Waals surface area contributed by atoms with Gasteiger partial charge in [-0.1, -0.05) is 0 Å². The van der Waals surface area contributed by atoms with Gasteiger partial charge in [0.25, 0.3) is 0 Å². The van der Waals surface area contributed by atoms with Gasteiger partial charge in [0, 0.05) is 26.2 Å². The number of likely N-dealkylation sites (N-methyl/N-ethyl adjacent to an activating group) is 1. The van der Waals surface area contributed by atoms with Crippen LogP contribution in [0, 0.1) is 0 Å². The number of hydrazone groups is 1. The van der Waals surface area contributed by atoms with Crippen LogP contribution in [-0.4, -0.2) is 90.6 Å². The van der Waals surface area contributed by atoms with Gasteiger partial charge in [0.15, 0.2) is 10.7 Å². The predicted molar refractivity (Wildman–Crippen MR) is 90.1 cm³/mol. The molecule has 0 radical (unpaired) electrons. The van der Waals surface area contributed by atoms with Crippen molar-refractivity contribution in [2.45, 2.75) is 13.2 Å². The summed E-state index contributed by atoms with van der Waals surface area (Å²) in [4.78, 5) is 13.5. The fourth-order valence-electron chi connectivity index (χ4n) is 2.63. The van der Waals surface area contributed by atoms with Crippen molar-refractivity contribution in [1.29, 1.82) is 0 Å². The molecule has 0 saturated carbocycles. The third-order valence-electron chi connectivity index (χ3n) is 3.83. The highest BCUT2D eigenvalue weighted by molar-refractivity contribution is 8.17. The average molecular weight is 342 g/mol. The van der Waals surface area contributed by atoms with Crippen LogP contribution in [0.15, 0.2) is 15.1 Å². The number of aliphatic imine (C=N–C) groups is 2. The summed E-state index contributed by atoms with van der Waals surface area (Å²) in [6, 6.07) is 0. The van der Waals surface area contributed by atoms with E-state index in [1.54, 1.807) is 11.9 Å². The number of thioether (sulfide) groups is 1. The zero-order valence-electron chi connectivity index (χ0n) is 12.7. The highest BCUT2D eigenvalue weighted by atomic mass is 32.2. The minimum atomic E-state index is -2.37. The maximum Gasteiger partial charge on any atom is 0.228 e. The van der Waals surface area contributed by atoms with E-state index in [9.17, 15) is 8.42 Å². The molecule has 0 aromatic heterocycles. The molecule has 10 heteroatoms. The number of hydrogen-bond acceptors (Lipinski definition) is 9. The van der Waals surface area contributed by atoms with Crippen molar-refractivity contribution in [3.05, 3.63) is 0 Å². The van der Waals surface area contributed by atoms with Crippen molar-refractivity contribution >= 4 is 43.6 Å². The van der Waals surface area contributed by atoms with Gasteiger partial charge in [0.2, 0.25) is 16.6 Å². The van der Waals surface area contributed by atoms with Gasteiger partial charge in [0.1, 0.15) is 10.9 Å². The Bertz CT molecular complexity index is 695. The van der Waals surface area contributed by atoms with E-state index in [4.69, 9.17) is 0 Å². The van der Waals surface area contributed by atoms with Crippen LogP contribution in [0.25, 0.3) is 0 Å². The molecule has 3 aliphatic heterocycles. The molecule has 3 heterocycles. The Labute approximate surface area is 135 Å². The zero-order valence-corrected chi connectivity index (χ0v) is 14.4. The Morgan fingerprint density at radius 2 is 1.91 bits per heavy atom.